The van der Waals surface area contributed by atoms with Gasteiger partial charge in [-0.2, -0.15) is 0 Å². The van der Waals surface area contributed by atoms with E-state index in [4.69, 9.17) is 13.7 Å². The van der Waals surface area contributed by atoms with Gasteiger partial charge in [0.2, 0.25) is 5.91 Å². The van der Waals surface area contributed by atoms with Crippen molar-refractivity contribution >= 4 is 40.3 Å². The molecule has 2 aliphatic heterocycles. The Hall–Kier alpha value is -4.27. The fourth-order valence-electron chi connectivity index (χ4n) is 4.46. The summed E-state index contributed by atoms with van der Waals surface area (Å²) in [7, 11) is 4.41. The Kier molecular flexibility index (Phi) is 5.17. The van der Waals surface area contributed by atoms with E-state index in [0.717, 1.165) is 7.11 Å². The Labute approximate surface area is 248 Å². The number of carbonyl (C=O) groups is 3. The van der Waals surface area contributed by atoms with Crippen LogP contribution in [0, 0.1) is 0 Å². The number of ether oxygens (including phenoxy) is 1. The second-order valence-electron chi connectivity index (χ2n) is 9.41. The zero-order valence-electron chi connectivity index (χ0n) is 32.3. The molecule has 1 saturated heterocycles. The lowest BCUT2D eigenvalue weighted by Crippen LogP contribution is -2.48. The molecule has 0 bridgehead atoms. The Balaban J connectivity index is 1.63. The number of nitrogens with zero attached hydrogens (tertiary/aromatic N) is 3. The van der Waals surface area contributed by atoms with Gasteiger partial charge in [0.15, 0.2) is 0 Å². The maximum Gasteiger partial charge on any atom is 0.337 e. The van der Waals surface area contributed by atoms with Gasteiger partial charge in [-0.05, 0) is 54.4 Å². The van der Waals surface area contributed by atoms with Gasteiger partial charge in [-0.1, -0.05) is 48.4 Å². The summed E-state index contributed by atoms with van der Waals surface area (Å²) in [6, 6.07) is 1.10. The van der Waals surface area contributed by atoms with Gasteiger partial charge in [0.1, 0.15) is 0 Å². The van der Waals surface area contributed by atoms with Crippen molar-refractivity contribution in [3.05, 3.63) is 94.9 Å². The highest BCUT2D eigenvalue weighted by Gasteiger charge is 2.29. The number of hydrogen-bond acceptors (Lipinski definition) is 6. The maximum atomic E-state index is 13.7. The number of amides is 2. The minimum absolute atomic E-state index is 0.0973. The van der Waals surface area contributed by atoms with Crippen LogP contribution in [0.1, 0.15) is 40.8 Å². The van der Waals surface area contributed by atoms with Crippen molar-refractivity contribution in [2.75, 3.05) is 64.1 Å². The number of piperazine rings is 1. The van der Waals surface area contributed by atoms with Crippen molar-refractivity contribution in [1.29, 1.82) is 0 Å². The largest absolute Gasteiger partial charge is 0.465 e. The number of hydrogen-bond donors (Lipinski definition) is 1. The SMILES string of the molecule is [2H]c1c([2H])c([2H])c(/C(Cc2ccc(N(C)C(=O)C([2H])([2H])N3CCN(C)CC3)cc2)=C2/C(=O)Nc3c([2H])c(C(=O)OC)c([2H])c([2H])c32)c([2H])c1[2H]. The summed E-state index contributed by atoms with van der Waals surface area (Å²) in [6.07, 6.45) is -0.241. The van der Waals surface area contributed by atoms with Crippen LogP contribution in [0.2, 0.25) is 0 Å². The predicted octanol–water partition coefficient (Wildman–Crippen LogP) is 3.79. The van der Waals surface area contributed by atoms with Crippen LogP contribution in [0.4, 0.5) is 11.4 Å². The van der Waals surface area contributed by atoms with Crippen molar-refractivity contribution in [3.8, 4) is 0 Å². The number of nitrogens with one attached hydrogen (secondary N) is 1. The quantitative estimate of drug-likeness (QED) is 0.358. The van der Waals surface area contributed by atoms with Gasteiger partial charge >= 0.3 is 5.97 Å². The van der Waals surface area contributed by atoms with Gasteiger partial charge < -0.3 is 19.9 Å². The van der Waals surface area contributed by atoms with Gasteiger partial charge in [-0.25, -0.2) is 4.79 Å². The van der Waals surface area contributed by atoms with Crippen LogP contribution in [-0.2, 0) is 20.7 Å². The van der Waals surface area contributed by atoms with Crippen LogP contribution in [-0.4, -0.2) is 81.5 Å². The average Bonchev–Trinajstić information content (AvgIpc) is 3.45. The molecule has 3 aromatic carbocycles. The van der Waals surface area contributed by atoms with E-state index < -0.39 is 78.2 Å². The monoisotopic (exact) mass is 548 g/mol. The first-order chi connectivity index (χ1) is 23.4. The number of benzene rings is 3. The molecule has 0 radical (unpaired) electrons. The van der Waals surface area contributed by atoms with E-state index >= 15 is 0 Å². The summed E-state index contributed by atoms with van der Waals surface area (Å²) in [6.45, 7) is -0.298. The molecule has 206 valence electrons. The molecule has 5 rings (SSSR count). The first kappa shape index (κ1) is 17.4. The molecule has 40 heavy (non-hydrogen) atoms. The molecule has 0 atom stereocenters. The normalized spacial score (nSPS) is 20.6. The molecule has 2 amide bonds. The van der Waals surface area contributed by atoms with Crippen LogP contribution in [0.3, 0.4) is 0 Å². The topological polar surface area (TPSA) is 82.2 Å². The molecule has 0 aromatic heterocycles. The smallest absolute Gasteiger partial charge is 0.337 e. The van der Waals surface area contributed by atoms with Crippen molar-refractivity contribution in [2.45, 2.75) is 6.42 Å². The first-order valence-corrected chi connectivity index (χ1v) is 12.6. The van der Waals surface area contributed by atoms with Crippen molar-refractivity contribution in [2.24, 2.45) is 0 Å². The summed E-state index contributed by atoms with van der Waals surface area (Å²) in [5, 5.41) is 2.46. The standard InChI is InChI=1S/C32H34N4O4/c1-34-15-17-36(18-16-34)21-29(37)35(2)25-12-9-22(10-13-25)19-27(23-7-5-4-6-8-23)30-26-14-11-24(32(39)40-3)20-28(26)33-31(30)38/h4-14,20H,15-19,21H2,1-3H3,(H,33,38)/b30-27+/i4D,5D,6D,7D,8D,11D,14D,20D,21D2. The highest BCUT2D eigenvalue weighted by Crippen LogP contribution is 2.39. The Morgan fingerprint density at radius 2 is 1.73 bits per heavy atom. The molecule has 0 aliphatic carbocycles. The maximum absolute atomic E-state index is 13.7. The Morgan fingerprint density at radius 1 is 1.02 bits per heavy atom. The van der Waals surface area contributed by atoms with E-state index in [2.05, 4.69) is 10.1 Å². The molecular weight excluding hydrogens is 504 g/mol. The van der Waals surface area contributed by atoms with E-state index in [9.17, 15) is 14.4 Å². The number of allylic oxidation sites excluding steroid dienone is 1. The molecule has 8 nitrogen and oxygen atoms in total. The molecule has 8 heteroatoms. The van der Waals surface area contributed by atoms with Gasteiger partial charge in [0.25, 0.3) is 5.91 Å². The van der Waals surface area contributed by atoms with E-state index in [1.165, 1.54) is 16.8 Å². The third-order valence-electron chi connectivity index (χ3n) is 6.79. The van der Waals surface area contributed by atoms with Crippen molar-refractivity contribution in [3.63, 3.8) is 0 Å². The molecule has 2 heterocycles. The summed E-state index contributed by atoms with van der Waals surface area (Å²) in [5.41, 5.74) is -0.998. The van der Waals surface area contributed by atoms with Gasteiger partial charge in [0.05, 0.1) is 38.5 Å². The zero-order valence-corrected chi connectivity index (χ0v) is 22.3. The second kappa shape index (κ2) is 11.9. The molecule has 0 saturated carbocycles. The van der Waals surface area contributed by atoms with Gasteiger partial charge in [-0.15, -0.1) is 0 Å². The minimum atomic E-state index is -2.27. The fourth-order valence-corrected chi connectivity index (χ4v) is 4.46. The first-order valence-electron chi connectivity index (χ1n) is 17.6. The molecule has 3 aromatic rings. The van der Waals surface area contributed by atoms with Crippen molar-refractivity contribution < 1.29 is 32.8 Å². The zero-order chi connectivity index (χ0) is 37.0. The van der Waals surface area contributed by atoms with Gasteiger partial charge in [-0.3, -0.25) is 14.5 Å². The number of fused-ring (bicyclic) bond motifs is 1. The van der Waals surface area contributed by atoms with E-state index in [0.29, 0.717) is 37.4 Å². The summed E-state index contributed by atoms with van der Waals surface area (Å²) in [4.78, 5) is 44.1. The molecular formula is C32H34N4O4. The third-order valence-corrected chi connectivity index (χ3v) is 6.79. The Bertz CT molecular complexity index is 1930. The number of likely N-dealkylation sites (N-methyl/N-ethyl adjacent to an activating group) is 2. The van der Waals surface area contributed by atoms with E-state index in [-0.39, 0.29) is 34.4 Å². The van der Waals surface area contributed by atoms with Gasteiger partial charge in [0, 0.05) is 50.2 Å². The highest BCUT2D eigenvalue weighted by atomic mass is 16.5. The minimum Gasteiger partial charge on any atom is -0.465 e. The lowest BCUT2D eigenvalue weighted by molar-refractivity contribution is -0.119. The average molecular weight is 549 g/mol. The van der Waals surface area contributed by atoms with Crippen LogP contribution in [0.5, 0.6) is 0 Å². The summed E-state index contributed by atoms with van der Waals surface area (Å²) >= 11 is 0. The predicted molar refractivity (Wildman–Crippen MR) is 157 cm³/mol. The number of rotatable bonds is 7. The van der Waals surface area contributed by atoms with E-state index in [1.54, 1.807) is 24.3 Å². The molecule has 0 spiro atoms. The van der Waals surface area contributed by atoms with Crippen molar-refractivity contribution in [1.82, 2.24) is 9.80 Å². The number of anilines is 2. The lowest BCUT2D eigenvalue weighted by atomic mass is 9.90. The summed E-state index contributed by atoms with van der Waals surface area (Å²) < 4.78 is 89.6. The number of carbonyl (C=O) groups excluding carboxylic acids is 3. The molecule has 2 aliphatic rings. The third kappa shape index (κ3) is 5.83. The van der Waals surface area contributed by atoms with Crippen LogP contribution >= 0.6 is 0 Å². The lowest BCUT2D eigenvalue weighted by Gasteiger charge is -2.32. The van der Waals surface area contributed by atoms with Crippen LogP contribution in [0.25, 0.3) is 11.1 Å². The number of methoxy groups -OCH3 is 1. The van der Waals surface area contributed by atoms with Crippen LogP contribution in [0.15, 0.2) is 72.6 Å². The number of esters is 1. The summed E-state index contributed by atoms with van der Waals surface area (Å²) in [5.74, 6) is -2.71. The molecule has 1 fully saturated rings. The second-order valence-corrected chi connectivity index (χ2v) is 9.41. The Morgan fingerprint density at radius 3 is 2.40 bits per heavy atom. The molecule has 0 unspecified atom stereocenters. The fraction of sp³-hybridized carbons (Fsp3) is 0.281. The molecule has 1 N–H and O–H groups in total. The van der Waals surface area contributed by atoms with E-state index in [1.807, 2.05) is 11.9 Å². The van der Waals surface area contributed by atoms with Crippen LogP contribution < -0.4 is 10.2 Å². The highest BCUT2D eigenvalue weighted by molar-refractivity contribution is 6.37.